The van der Waals surface area contributed by atoms with Crippen LogP contribution in [0.4, 0.5) is 0 Å². The molecule has 2 amide bonds. The van der Waals surface area contributed by atoms with E-state index in [4.69, 9.17) is 5.73 Å². The molecule has 3 heterocycles. The summed E-state index contributed by atoms with van der Waals surface area (Å²) in [5.74, 6) is -2.63. The van der Waals surface area contributed by atoms with E-state index in [9.17, 15) is 24.3 Å². The van der Waals surface area contributed by atoms with Crippen LogP contribution in [-0.2, 0) is 20.9 Å². The first kappa shape index (κ1) is 22.4. The predicted molar refractivity (Wildman–Crippen MR) is 127 cm³/mol. The highest BCUT2D eigenvalue weighted by atomic mass is 16.4. The van der Waals surface area contributed by atoms with E-state index in [-0.39, 0.29) is 36.3 Å². The first-order valence-electron chi connectivity index (χ1n) is 11.9. The standard InChI is InChI=1S/C26H25N5O5/c1-14(32)22-17-12-28-8-7-19(17)30(29-22)13-21(33)31-20(23(34)35)9-16-10-26(16,31)25(24(27)36)11-18(25)15-5-3-2-4-6-15/h2-8,12,16,18,20H,9-11,13H2,1H3,(H2,27,36)(H,34,35)/t16-,18-,20-,25-,26-/m0/s1. The quantitative estimate of drug-likeness (QED) is 0.482. The number of ketones is 1. The fourth-order valence-corrected chi connectivity index (χ4v) is 6.83. The number of amides is 2. The van der Waals surface area contributed by atoms with Gasteiger partial charge in [-0.25, -0.2) is 4.79 Å². The molecular weight excluding hydrogens is 462 g/mol. The fraction of sp³-hybridized carbons (Fsp3) is 0.385. The van der Waals surface area contributed by atoms with Gasteiger partial charge in [0.2, 0.25) is 11.8 Å². The number of rotatable bonds is 7. The van der Waals surface area contributed by atoms with E-state index in [0.717, 1.165) is 5.56 Å². The predicted octanol–water partition coefficient (Wildman–Crippen LogP) is 1.74. The average molecular weight is 488 g/mol. The van der Waals surface area contributed by atoms with Crippen LogP contribution in [0.15, 0.2) is 48.8 Å². The number of fused-ring (bicyclic) bond motifs is 2. The lowest BCUT2D eigenvalue weighted by Crippen LogP contribution is -2.56. The summed E-state index contributed by atoms with van der Waals surface area (Å²) in [7, 11) is 0. The SMILES string of the molecule is CC(=O)c1nn(CC(=O)N2[C@H](C(=O)O)C[C@H]3C[C@@]32[C@@]2(C(N)=O)C[C@H]2c2ccccc2)c2ccncc12. The first-order valence-corrected chi connectivity index (χ1v) is 11.9. The first-order chi connectivity index (χ1) is 17.2. The van der Waals surface area contributed by atoms with E-state index in [2.05, 4.69) is 10.1 Å². The maximum absolute atomic E-state index is 13.9. The molecule has 3 N–H and O–H groups in total. The molecule has 0 unspecified atom stereocenters. The number of pyridine rings is 1. The van der Waals surface area contributed by atoms with Gasteiger partial charge in [0.1, 0.15) is 18.3 Å². The molecule has 184 valence electrons. The number of primary amides is 1. The zero-order valence-corrected chi connectivity index (χ0v) is 19.6. The lowest BCUT2D eigenvalue weighted by molar-refractivity contribution is -0.154. The largest absolute Gasteiger partial charge is 0.480 e. The number of nitrogens with zero attached hydrogens (tertiary/aromatic N) is 4. The number of carbonyl (C=O) groups excluding carboxylic acids is 3. The highest BCUT2D eigenvalue weighted by Gasteiger charge is 2.85. The number of carboxylic acid groups (broad SMARTS) is 1. The van der Waals surface area contributed by atoms with Crippen molar-refractivity contribution < 1.29 is 24.3 Å². The van der Waals surface area contributed by atoms with E-state index in [1.54, 1.807) is 12.3 Å². The van der Waals surface area contributed by atoms with Crippen molar-refractivity contribution in [2.45, 2.75) is 50.2 Å². The Bertz CT molecular complexity index is 1450. The summed E-state index contributed by atoms with van der Waals surface area (Å²) in [6.07, 6.45) is 4.35. The van der Waals surface area contributed by atoms with Crippen LogP contribution in [0, 0.1) is 11.3 Å². The summed E-state index contributed by atoms with van der Waals surface area (Å²) in [5.41, 5.74) is 5.77. The lowest BCUT2D eigenvalue weighted by atomic mass is 9.85. The van der Waals surface area contributed by atoms with E-state index >= 15 is 0 Å². The Balaban J connectivity index is 1.40. The molecule has 2 aliphatic carbocycles. The van der Waals surface area contributed by atoms with Crippen molar-refractivity contribution >= 4 is 34.5 Å². The van der Waals surface area contributed by atoms with Gasteiger partial charge in [-0.15, -0.1) is 0 Å². The van der Waals surface area contributed by atoms with Crippen LogP contribution in [0.25, 0.3) is 10.9 Å². The van der Waals surface area contributed by atoms with Gasteiger partial charge in [0.05, 0.1) is 16.5 Å². The molecule has 3 fully saturated rings. The molecule has 2 saturated carbocycles. The van der Waals surface area contributed by atoms with Crippen molar-refractivity contribution in [3.63, 3.8) is 0 Å². The molecule has 0 bridgehead atoms. The number of Topliss-reactive ketones (excluding diaryl/α,β-unsaturated/α-hetero) is 1. The molecule has 2 aromatic heterocycles. The highest BCUT2D eigenvalue weighted by molar-refractivity contribution is 6.04. The number of piperidine rings is 1. The zero-order chi connectivity index (χ0) is 25.4. The van der Waals surface area contributed by atoms with Crippen LogP contribution in [0.1, 0.15) is 48.2 Å². The van der Waals surface area contributed by atoms with Crippen LogP contribution in [0.3, 0.4) is 0 Å². The number of carboxylic acids is 1. The van der Waals surface area contributed by atoms with Crippen molar-refractivity contribution in [3.8, 4) is 0 Å². The average Bonchev–Trinajstić information content (AvgIpc) is 3.72. The Morgan fingerprint density at radius 3 is 2.56 bits per heavy atom. The molecule has 5 atom stereocenters. The number of aliphatic carboxylic acids is 1. The number of hydrogen-bond acceptors (Lipinski definition) is 6. The van der Waals surface area contributed by atoms with Crippen LogP contribution < -0.4 is 5.73 Å². The minimum atomic E-state index is -1.11. The Kier molecular flexibility index (Phi) is 4.64. The summed E-state index contributed by atoms with van der Waals surface area (Å²) in [6, 6.07) is 10.2. The Morgan fingerprint density at radius 2 is 1.89 bits per heavy atom. The maximum Gasteiger partial charge on any atom is 0.326 e. The van der Waals surface area contributed by atoms with Crippen molar-refractivity contribution in [2.24, 2.45) is 17.1 Å². The topological polar surface area (TPSA) is 148 Å². The zero-order valence-electron chi connectivity index (χ0n) is 19.6. The summed E-state index contributed by atoms with van der Waals surface area (Å²) in [4.78, 5) is 56.8. The lowest BCUT2D eigenvalue weighted by Gasteiger charge is -2.37. The number of benzene rings is 1. The molecule has 6 rings (SSSR count). The van der Waals surface area contributed by atoms with Gasteiger partial charge in [-0.05, 0) is 36.8 Å². The minimum absolute atomic E-state index is 0.116. The molecular formula is C26H25N5O5. The van der Waals surface area contributed by atoms with Gasteiger partial charge in [-0.2, -0.15) is 5.10 Å². The van der Waals surface area contributed by atoms with Crippen molar-refractivity contribution in [1.29, 1.82) is 0 Å². The molecule has 0 spiro atoms. The molecule has 0 radical (unpaired) electrons. The van der Waals surface area contributed by atoms with Gasteiger partial charge < -0.3 is 15.7 Å². The third kappa shape index (κ3) is 2.84. The van der Waals surface area contributed by atoms with E-state index in [1.165, 1.54) is 22.7 Å². The molecule has 10 heteroatoms. The molecule has 3 aliphatic rings. The van der Waals surface area contributed by atoms with Gasteiger partial charge in [0.25, 0.3) is 0 Å². The van der Waals surface area contributed by atoms with Crippen molar-refractivity contribution in [2.75, 3.05) is 0 Å². The van der Waals surface area contributed by atoms with Gasteiger partial charge >= 0.3 is 5.97 Å². The summed E-state index contributed by atoms with van der Waals surface area (Å²) in [6.45, 7) is 1.12. The van der Waals surface area contributed by atoms with Crippen molar-refractivity contribution in [1.82, 2.24) is 19.7 Å². The minimum Gasteiger partial charge on any atom is -0.480 e. The number of nitrogens with two attached hydrogens (primary N) is 1. The summed E-state index contributed by atoms with van der Waals surface area (Å²) < 4.78 is 1.41. The van der Waals surface area contributed by atoms with Crippen LogP contribution in [0.2, 0.25) is 0 Å². The molecule has 1 aliphatic heterocycles. The fourth-order valence-electron chi connectivity index (χ4n) is 6.83. The maximum atomic E-state index is 13.9. The smallest absolute Gasteiger partial charge is 0.326 e. The monoisotopic (exact) mass is 487 g/mol. The third-order valence-electron chi connectivity index (χ3n) is 8.42. The van der Waals surface area contributed by atoms with Gasteiger partial charge in [0, 0.05) is 30.6 Å². The summed E-state index contributed by atoms with van der Waals surface area (Å²) >= 11 is 0. The second kappa shape index (κ2) is 7.46. The molecule has 1 aromatic carbocycles. The van der Waals surface area contributed by atoms with E-state index < -0.39 is 34.8 Å². The van der Waals surface area contributed by atoms with Crippen LogP contribution in [0.5, 0.6) is 0 Å². The highest BCUT2D eigenvalue weighted by Crippen LogP contribution is 2.78. The second-order valence-corrected chi connectivity index (χ2v) is 10.1. The van der Waals surface area contributed by atoms with Crippen LogP contribution in [-0.4, -0.2) is 59.9 Å². The molecule has 1 saturated heterocycles. The van der Waals surface area contributed by atoms with Crippen molar-refractivity contribution in [3.05, 3.63) is 60.0 Å². The molecule has 36 heavy (non-hydrogen) atoms. The molecule has 3 aromatic rings. The van der Waals surface area contributed by atoms with Gasteiger partial charge in [0.15, 0.2) is 5.78 Å². The normalized spacial score (nSPS) is 30.1. The number of likely N-dealkylation sites (tertiary alicyclic amines) is 1. The Morgan fingerprint density at radius 1 is 1.14 bits per heavy atom. The number of carbonyl (C=O) groups is 4. The molecule has 10 nitrogen and oxygen atoms in total. The third-order valence-corrected chi connectivity index (χ3v) is 8.42. The number of hydrogen-bond donors (Lipinski definition) is 2. The van der Waals surface area contributed by atoms with Gasteiger partial charge in [-0.3, -0.25) is 24.0 Å². The summed E-state index contributed by atoms with van der Waals surface area (Å²) in [5, 5.41) is 14.9. The Labute approximate surface area is 206 Å². The van der Waals surface area contributed by atoms with Crippen LogP contribution >= 0.6 is 0 Å². The number of aromatic nitrogens is 3. The van der Waals surface area contributed by atoms with E-state index in [1.807, 2.05) is 30.3 Å². The Hall–Kier alpha value is -4.08. The van der Waals surface area contributed by atoms with Gasteiger partial charge in [-0.1, -0.05) is 30.3 Å². The second-order valence-electron chi connectivity index (χ2n) is 10.1. The van der Waals surface area contributed by atoms with E-state index in [0.29, 0.717) is 23.7 Å².